The molecule has 2 atom stereocenters. The van der Waals surface area contributed by atoms with E-state index in [9.17, 15) is 14.0 Å². The van der Waals surface area contributed by atoms with Crippen molar-refractivity contribution in [3.05, 3.63) is 101 Å². The molecule has 3 aromatic carbocycles. The first kappa shape index (κ1) is 27.6. The van der Waals surface area contributed by atoms with Gasteiger partial charge in [-0.3, -0.25) is 14.5 Å². The minimum absolute atomic E-state index is 0.00993. The first-order chi connectivity index (χ1) is 19.3. The number of carbonyl (C=O) groups is 2. The van der Waals surface area contributed by atoms with Crippen LogP contribution in [0.5, 0.6) is 0 Å². The van der Waals surface area contributed by atoms with Crippen LogP contribution in [-0.4, -0.2) is 24.8 Å². The highest BCUT2D eigenvalue weighted by atomic mass is 19.1. The second-order valence-corrected chi connectivity index (χ2v) is 11.1. The number of amides is 1. The molecule has 0 fully saturated rings. The van der Waals surface area contributed by atoms with Gasteiger partial charge in [0.1, 0.15) is 5.82 Å². The van der Waals surface area contributed by atoms with Crippen molar-refractivity contribution >= 4 is 28.8 Å². The van der Waals surface area contributed by atoms with Crippen molar-refractivity contribution in [3.63, 3.8) is 0 Å². The van der Waals surface area contributed by atoms with E-state index in [1.807, 2.05) is 43.0 Å². The number of nitrogens with one attached hydrogen (secondary N) is 1. The van der Waals surface area contributed by atoms with Gasteiger partial charge in [0.05, 0.1) is 17.4 Å². The lowest BCUT2D eigenvalue weighted by atomic mass is 9.78. The van der Waals surface area contributed by atoms with Crippen molar-refractivity contribution in [1.82, 2.24) is 0 Å². The van der Waals surface area contributed by atoms with Gasteiger partial charge in [-0.15, -0.1) is 0 Å². The summed E-state index contributed by atoms with van der Waals surface area (Å²) < 4.78 is 13.7. The lowest BCUT2D eigenvalue weighted by Crippen LogP contribution is -2.39. The molecule has 5 nitrogen and oxygen atoms in total. The molecule has 1 heterocycles. The maximum absolute atomic E-state index is 14.1. The molecule has 5 rings (SSSR count). The van der Waals surface area contributed by atoms with Crippen molar-refractivity contribution in [2.24, 2.45) is 5.92 Å². The van der Waals surface area contributed by atoms with Crippen molar-refractivity contribution in [2.75, 3.05) is 28.2 Å². The van der Waals surface area contributed by atoms with Crippen LogP contribution in [0.4, 0.5) is 21.5 Å². The summed E-state index contributed by atoms with van der Waals surface area (Å²) >= 11 is 0. The number of anilines is 3. The molecule has 3 aromatic rings. The van der Waals surface area contributed by atoms with Crippen LogP contribution in [0.15, 0.2) is 84.1 Å². The summed E-state index contributed by atoms with van der Waals surface area (Å²) in [5, 5.41) is 3.57. The number of allylic oxidation sites excluding steroid dienone is 1. The van der Waals surface area contributed by atoms with E-state index < -0.39 is 6.04 Å². The van der Waals surface area contributed by atoms with Crippen LogP contribution in [0.1, 0.15) is 70.0 Å². The molecule has 1 amide bonds. The molecule has 0 aromatic heterocycles. The molecule has 0 radical (unpaired) electrons. The summed E-state index contributed by atoms with van der Waals surface area (Å²) in [5.74, 6) is -0.199. The van der Waals surface area contributed by atoms with Crippen LogP contribution in [-0.2, 0) is 9.59 Å². The summed E-state index contributed by atoms with van der Waals surface area (Å²) in [7, 11) is 0. The predicted octanol–water partition coefficient (Wildman–Crippen LogP) is 7.62. The lowest BCUT2D eigenvalue weighted by Gasteiger charge is -2.35. The maximum atomic E-state index is 14.1. The number of hydrogen-bond donors (Lipinski definition) is 1. The third-order valence-electron chi connectivity index (χ3n) is 8.02. The number of benzene rings is 3. The van der Waals surface area contributed by atoms with Gasteiger partial charge in [0.15, 0.2) is 5.78 Å². The van der Waals surface area contributed by atoms with E-state index in [0.717, 1.165) is 47.0 Å². The monoisotopic (exact) mass is 539 g/mol. The standard InChI is InChI=1S/C34H38FN3O2/c1-5-37(6-2)27-17-13-24(14-18-27)34-33-29(20-25(21-31(33)39)23-11-15-26(35)16-12-23)36-28-9-7-8-10-30(28)38(34)32(40)19-22(3)4/h7-18,22,25,34,36H,5-6,19-21H2,1-4H3/t25-,34-/m1/s1. The predicted molar refractivity (Wildman–Crippen MR) is 160 cm³/mol. The Morgan fingerprint density at radius 3 is 2.25 bits per heavy atom. The van der Waals surface area contributed by atoms with Crippen molar-refractivity contribution in [3.8, 4) is 0 Å². The fraction of sp³-hybridized carbons (Fsp3) is 0.353. The number of halogens is 1. The quantitative estimate of drug-likeness (QED) is 0.336. The van der Waals surface area contributed by atoms with Crippen molar-refractivity contribution < 1.29 is 14.0 Å². The molecule has 1 aliphatic carbocycles. The molecule has 40 heavy (non-hydrogen) atoms. The van der Waals surface area contributed by atoms with Gasteiger partial charge in [0.25, 0.3) is 0 Å². The zero-order chi connectivity index (χ0) is 28.4. The Morgan fingerprint density at radius 1 is 0.950 bits per heavy atom. The molecule has 0 spiro atoms. The Balaban J connectivity index is 1.67. The first-order valence-electron chi connectivity index (χ1n) is 14.3. The average Bonchev–Trinajstić information content (AvgIpc) is 3.09. The van der Waals surface area contributed by atoms with Crippen LogP contribution >= 0.6 is 0 Å². The Labute approximate surface area is 236 Å². The Hall–Kier alpha value is -3.93. The molecule has 0 saturated heterocycles. The zero-order valence-electron chi connectivity index (χ0n) is 23.8. The highest BCUT2D eigenvalue weighted by Crippen LogP contribution is 2.47. The van der Waals surface area contributed by atoms with E-state index in [4.69, 9.17) is 0 Å². The van der Waals surface area contributed by atoms with Crippen LogP contribution in [0.25, 0.3) is 0 Å². The van der Waals surface area contributed by atoms with Gasteiger partial charge in [-0.1, -0.05) is 50.2 Å². The number of para-hydroxylation sites is 2. The maximum Gasteiger partial charge on any atom is 0.228 e. The molecule has 0 unspecified atom stereocenters. The molecular weight excluding hydrogens is 501 g/mol. The Kier molecular flexibility index (Phi) is 8.06. The van der Waals surface area contributed by atoms with Crippen molar-refractivity contribution in [1.29, 1.82) is 0 Å². The van der Waals surface area contributed by atoms with Gasteiger partial charge in [-0.2, -0.15) is 0 Å². The molecule has 2 aliphatic rings. The SMILES string of the molecule is CCN(CC)c1ccc([C@@H]2C3=C(C[C@@H](c4ccc(F)cc4)CC3=O)Nc3ccccc3N2C(=O)CC(C)C)cc1. The average molecular weight is 540 g/mol. The fourth-order valence-corrected chi connectivity index (χ4v) is 6.06. The smallest absolute Gasteiger partial charge is 0.228 e. The van der Waals surface area contributed by atoms with Gasteiger partial charge in [0.2, 0.25) is 5.91 Å². The van der Waals surface area contributed by atoms with Crippen molar-refractivity contribution in [2.45, 2.75) is 58.9 Å². The summed E-state index contributed by atoms with van der Waals surface area (Å²) in [4.78, 5) is 32.2. The van der Waals surface area contributed by atoms with Gasteiger partial charge in [0, 0.05) is 42.9 Å². The fourth-order valence-electron chi connectivity index (χ4n) is 6.06. The van der Waals surface area contributed by atoms with E-state index in [-0.39, 0.29) is 29.3 Å². The highest BCUT2D eigenvalue weighted by molar-refractivity contribution is 6.06. The molecular formula is C34H38FN3O2. The number of carbonyl (C=O) groups excluding carboxylic acids is 2. The number of hydrogen-bond acceptors (Lipinski definition) is 4. The minimum atomic E-state index is -0.551. The van der Waals surface area contributed by atoms with Crippen LogP contribution in [0.2, 0.25) is 0 Å². The van der Waals surface area contributed by atoms with E-state index in [1.165, 1.54) is 12.1 Å². The summed E-state index contributed by atoms with van der Waals surface area (Å²) in [6.07, 6.45) is 1.28. The lowest BCUT2D eigenvalue weighted by molar-refractivity contribution is -0.119. The summed E-state index contributed by atoms with van der Waals surface area (Å²) in [6, 6.07) is 22.0. The number of ketones is 1. The second kappa shape index (κ2) is 11.7. The summed E-state index contributed by atoms with van der Waals surface area (Å²) in [5.41, 5.74) is 6.01. The number of nitrogens with zero attached hydrogens (tertiary/aromatic N) is 2. The first-order valence-corrected chi connectivity index (χ1v) is 14.3. The third-order valence-corrected chi connectivity index (χ3v) is 8.02. The van der Waals surface area contributed by atoms with Gasteiger partial charge in [-0.05, 0) is 79.6 Å². The minimum Gasteiger partial charge on any atom is -0.372 e. The Morgan fingerprint density at radius 2 is 1.60 bits per heavy atom. The van der Waals surface area contributed by atoms with Crippen LogP contribution < -0.4 is 15.1 Å². The number of Topliss-reactive ketones (excluding diaryl/α,β-unsaturated/α-hetero) is 1. The number of fused-ring (bicyclic) bond motifs is 1. The molecule has 0 saturated carbocycles. The Bertz CT molecular complexity index is 1410. The van der Waals surface area contributed by atoms with Gasteiger partial charge >= 0.3 is 0 Å². The van der Waals surface area contributed by atoms with Crippen LogP contribution in [0.3, 0.4) is 0 Å². The molecule has 208 valence electrons. The topological polar surface area (TPSA) is 52.7 Å². The van der Waals surface area contributed by atoms with E-state index in [1.54, 1.807) is 12.1 Å². The molecule has 0 bridgehead atoms. The van der Waals surface area contributed by atoms with Gasteiger partial charge in [-0.25, -0.2) is 4.39 Å². The largest absolute Gasteiger partial charge is 0.372 e. The second-order valence-electron chi connectivity index (χ2n) is 11.1. The van der Waals surface area contributed by atoms with E-state index in [0.29, 0.717) is 24.8 Å². The molecule has 6 heteroatoms. The van der Waals surface area contributed by atoms with Crippen LogP contribution in [0, 0.1) is 11.7 Å². The zero-order valence-corrected chi connectivity index (χ0v) is 23.8. The highest BCUT2D eigenvalue weighted by Gasteiger charge is 2.41. The molecule has 1 N–H and O–H groups in total. The van der Waals surface area contributed by atoms with Gasteiger partial charge < -0.3 is 10.2 Å². The normalized spacial score (nSPS) is 18.6. The van der Waals surface area contributed by atoms with E-state index >= 15 is 0 Å². The molecule has 1 aliphatic heterocycles. The van der Waals surface area contributed by atoms with E-state index in [2.05, 4.69) is 48.3 Å². The third kappa shape index (κ3) is 5.40. The summed E-state index contributed by atoms with van der Waals surface area (Å²) in [6.45, 7) is 10.1. The number of rotatable bonds is 7.